The normalized spacial score (nSPS) is 16.2. The van der Waals surface area contributed by atoms with Crippen molar-refractivity contribution >= 4 is 5.69 Å². The van der Waals surface area contributed by atoms with Gasteiger partial charge in [0.25, 0.3) is 0 Å². The van der Waals surface area contributed by atoms with Crippen LogP contribution in [-0.2, 0) is 0 Å². The molecular weight excluding hydrogens is 243 g/mol. The molecule has 3 nitrogen and oxygen atoms in total. The van der Waals surface area contributed by atoms with Crippen molar-refractivity contribution in [2.24, 2.45) is 0 Å². The predicted octanol–water partition coefficient (Wildman–Crippen LogP) is 2.80. The number of hydrogen-bond acceptors (Lipinski definition) is 3. The minimum absolute atomic E-state index is 0.199. The van der Waals surface area contributed by atoms with Gasteiger partial charge in [-0.05, 0) is 31.5 Å². The van der Waals surface area contributed by atoms with Gasteiger partial charge in [0.1, 0.15) is 11.6 Å². The Morgan fingerprint density at radius 3 is 3.05 bits per heavy atom. The number of anilines is 1. The van der Waals surface area contributed by atoms with Crippen molar-refractivity contribution in [1.29, 1.82) is 0 Å². The van der Waals surface area contributed by atoms with Crippen LogP contribution in [0.3, 0.4) is 0 Å². The first kappa shape index (κ1) is 14.1. The molecule has 1 aliphatic heterocycles. The summed E-state index contributed by atoms with van der Waals surface area (Å²) in [6.45, 7) is 6.63. The fourth-order valence-electron chi connectivity index (χ4n) is 2.27. The third kappa shape index (κ3) is 4.10. The molecule has 0 aromatic heterocycles. The standard InChI is InChI=1S/C15H23FN2O/c1-2-3-11-19-15-6-5-13(16)12-14(15)18-9-4-7-17-8-10-18/h5-6,12,17H,2-4,7-11H2,1H3. The molecule has 4 heteroatoms. The average molecular weight is 266 g/mol. The van der Waals surface area contributed by atoms with Gasteiger partial charge in [0.2, 0.25) is 0 Å². The second-order valence-electron chi connectivity index (χ2n) is 4.90. The predicted molar refractivity (Wildman–Crippen MR) is 76.5 cm³/mol. The van der Waals surface area contributed by atoms with E-state index in [2.05, 4.69) is 17.1 Å². The summed E-state index contributed by atoms with van der Waals surface area (Å²) in [6, 6.07) is 4.81. The van der Waals surface area contributed by atoms with Crippen molar-refractivity contribution in [1.82, 2.24) is 5.32 Å². The van der Waals surface area contributed by atoms with E-state index in [0.717, 1.165) is 56.9 Å². The quantitative estimate of drug-likeness (QED) is 0.829. The van der Waals surface area contributed by atoms with Crippen molar-refractivity contribution < 1.29 is 9.13 Å². The fourth-order valence-corrected chi connectivity index (χ4v) is 2.27. The second-order valence-corrected chi connectivity index (χ2v) is 4.90. The molecule has 0 atom stereocenters. The molecule has 1 aliphatic rings. The molecule has 106 valence electrons. The maximum Gasteiger partial charge on any atom is 0.142 e. The number of nitrogens with one attached hydrogen (secondary N) is 1. The highest BCUT2D eigenvalue weighted by Crippen LogP contribution is 2.29. The van der Waals surface area contributed by atoms with Gasteiger partial charge in [0.05, 0.1) is 12.3 Å². The van der Waals surface area contributed by atoms with E-state index < -0.39 is 0 Å². The van der Waals surface area contributed by atoms with E-state index >= 15 is 0 Å². The molecule has 1 heterocycles. The highest BCUT2D eigenvalue weighted by atomic mass is 19.1. The first-order valence-corrected chi connectivity index (χ1v) is 7.19. The van der Waals surface area contributed by atoms with Crippen LogP contribution in [0.15, 0.2) is 18.2 Å². The summed E-state index contributed by atoms with van der Waals surface area (Å²) < 4.78 is 19.3. The lowest BCUT2D eigenvalue weighted by Gasteiger charge is -2.25. The summed E-state index contributed by atoms with van der Waals surface area (Å²) in [4.78, 5) is 2.21. The average Bonchev–Trinajstić information content (AvgIpc) is 2.69. The van der Waals surface area contributed by atoms with Crippen molar-refractivity contribution in [3.05, 3.63) is 24.0 Å². The van der Waals surface area contributed by atoms with E-state index in [9.17, 15) is 4.39 Å². The molecule has 0 bridgehead atoms. The topological polar surface area (TPSA) is 24.5 Å². The molecule has 19 heavy (non-hydrogen) atoms. The van der Waals surface area contributed by atoms with E-state index in [1.54, 1.807) is 12.1 Å². The molecule has 0 spiro atoms. The molecular formula is C15H23FN2O. The largest absolute Gasteiger partial charge is 0.491 e. The van der Waals surface area contributed by atoms with E-state index in [0.29, 0.717) is 6.61 Å². The zero-order valence-electron chi connectivity index (χ0n) is 11.6. The van der Waals surface area contributed by atoms with E-state index in [-0.39, 0.29) is 5.82 Å². The number of rotatable bonds is 5. The zero-order valence-corrected chi connectivity index (χ0v) is 11.6. The summed E-state index contributed by atoms with van der Waals surface area (Å²) in [5, 5.41) is 3.36. The fraction of sp³-hybridized carbons (Fsp3) is 0.600. The Bertz CT molecular complexity index is 390. The van der Waals surface area contributed by atoms with Gasteiger partial charge in [0.15, 0.2) is 0 Å². The number of halogens is 1. The number of nitrogens with zero attached hydrogens (tertiary/aromatic N) is 1. The Kier molecular flexibility index (Phi) is 5.45. The highest BCUT2D eigenvalue weighted by molar-refractivity contribution is 5.58. The molecule has 2 rings (SSSR count). The van der Waals surface area contributed by atoms with Crippen LogP contribution in [-0.4, -0.2) is 32.8 Å². The van der Waals surface area contributed by atoms with E-state index in [1.165, 1.54) is 6.07 Å². The molecule has 1 N–H and O–H groups in total. The maximum atomic E-state index is 13.5. The van der Waals surface area contributed by atoms with Crippen molar-refractivity contribution in [2.45, 2.75) is 26.2 Å². The van der Waals surface area contributed by atoms with Gasteiger partial charge in [-0.15, -0.1) is 0 Å². The lowest BCUT2D eigenvalue weighted by Crippen LogP contribution is -2.28. The number of hydrogen-bond donors (Lipinski definition) is 1. The zero-order chi connectivity index (χ0) is 13.5. The molecule has 1 aromatic carbocycles. The van der Waals surface area contributed by atoms with Crippen LogP contribution in [0.25, 0.3) is 0 Å². The van der Waals surface area contributed by atoms with Crippen LogP contribution in [0.2, 0.25) is 0 Å². The molecule has 0 radical (unpaired) electrons. The smallest absolute Gasteiger partial charge is 0.142 e. The molecule has 1 fully saturated rings. The number of benzene rings is 1. The number of ether oxygens (including phenoxy) is 1. The summed E-state index contributed by atoms with van der Waals surface area (Å²) in [5.41, 5.74) is 0.889. The first-order chi connectivity index (χ1) is 9.31. The van der Waals surface area contributed by atoms with E-state index in [4.69, 9.17) is 4.74 Å². The second kappa shape index (κ2) is 7.34. The third-order valence-electron chi connectivity index (χ3n) is 3.36. The Labute approximate surface area is 114 Å². The van der Waals surface area contributed by atoms with E-state index in [1.807, 2.05) is 0 Å². The van der Waals surface area contributed by atoms with Crippen LogP contribution in [0.4, 0.5) is 10.1 Å². The van der Waals surface area contributed by atoms with Crippen molar-refractivity contribution in [3.63, 3.8) is 0 Å². The highest BCUT2D eigenvalue weighted by Gasteiger charge is 2.15. The monoisotopic (exact) mass is 266 g/mol. The third-order valence-corrected chi connectivity index (χ3v) is 3.36. The van der Waals surface area contributed by atoms with Gasteiger partial charge in [-0.2, -0.15) is 0 Å². The maximum absolute atomic E-state index is 13.5. The SMILES string of the molecule is CCCCOc1ccc(F)cc1N1CCCNCC1. The van der Waals surface area contributed by atoms with Crippen LogP contribution >= 0.6 is 0 Å². The molecule has 0 unspecified atom stereocenters. The molecule has 0 saturated carbocycles. The summed E-state index contributed by atoms with van der Waals surface area (Å²) >= 11 is 0. The first-order valence-electron chi connectivity index (χ1n) is 7.19. The van der Waals surface area contributed by atoms with Gasteiger partial charge in [-0.25, -0.2) is 4.39 Å². The Morgan fingerprint density at radius 2 is 2.21 bits per heavy atom. The molecule has 1 saturated heterocycles. The minimum atomic E-state index is -0.199. The van der Waals surface area contributed by atoms with Gasteiger partial charge in [0, 0.05) is 25.7 Å². The lowest BCUT2D eigenvalue weighted by molar-refractivity contribution is 0.309. The Morgan fingerprint density at radius 1 is 1.32 bits per heavy atom. The van der Waals surface area contributed by atoms with Gasteiger partial charge >= 0.3 is 0 Å². The molecule has 1 aromatic rings. The van der Waals surface area contributed by atoms with Gasteiger partial charge in [-0.1, -0.05) is 13.3 Å². The van der Waals surface area contributed by atoms with Crippen LogP contribution in [0.5, 0.6) is 5.75 Å². The van der Waals surface area contributed by atoms with Gasteiger partial charge < -0.3 is 15.0 Å². The Hall–Kier alpha value is -1.29. The Balaban J connectivity index is 2.13. The summed E-state index contributed by atoms with van der Waals surface area (Å²) in [6.07, 6.45) is 3.20. The van der Waals surface area contributed by atoms with Crippen LogP contribution in [0.1, 0.15) is 26.2 Å². The molecule has 0 aliphatic carbocycles. The lowest BCUT2D eigenvalue weighted by atomic mass is 10.2. The number of unbranched alkanes of at least 4 members (excludes halogenated alkanes) is 1. The van der Waals surface area contributed by atoms with Crippen molar-refractivity contribution in [2.75, 3.05) is 37.7 Å². The van der Waals surface area contributed by atoms with Gasteiger partial charge in [-0.3, -0.25) is 0 Å². The van der Waals surface area contributed by atoms with Crippen LogP contribution in [0, 0.1) is 5.82 Å². The minimum Gasteiger partial charge on any atom is -0.491 e. The summed E-state index contributed by atoms with van der Waals surface area (Å²) in [5.74, 6) is 0.604. The van der Waals surface area contributed by atoms with Crippen molar-refractivity contribution in [3.8, 4) is 5.75 Å². The summed E-state index contributed by atoms with van der Waals surface area (Å²) in [7, 11) is 0. The molecule has 0 amide bonds. The van der Waals surface area contributed by atoms with Crippen LogP contribution < -0.4 is 15.0 Å².